The first kappa shape index (κ1) is 59.2. The lowest BCUT2D eigenvalue weighted by Crippen LogP contribution is -2.45. The van der Waals surface area contributed by atoms with Gasteiger partial charge in [0.05, 0.1) is 26.4 Å². The number of carbonyl (C=O) groups excluding carboxylic acids is 3. The van der Waals surface area contributed by atoms with Crippen LogP contribution in [0.5, 0.6) is 0 Å². The summed E-state index contributed by atoms with van der Waals surface area (Å²) in [7, 11) is 3.56. The van der Waals surface area contributed by atoms with Crippen LogP contribution >= 0.6 is 0 Å². The molecule has 1 fully saturated rings. The zero-order valence-corrected chi connectivity index (χ0v) is 41.5. The van der Waals surface area contributed by atoms with Gasteiger partial charge in [-0.1, -0.05) is 182 Å². The van der Waals surface area contributed by atoms with Crippen LogP contribution in [0, 0.1) is 0 Å². The van der Waals surface area contributed by atoms with Crippen LogP contribution in [0.3, 0.4) is 0 Å². The maximum atomic E-state index is 14.0. The van der Waals surface area contributed by atoms with Crippen molar-refractivity contribution in [2.45, 2.75) is 238 Å². The average Bonchev–Trinajstić information content (AvgIpc) is 3.63. The second kappa shape index (κ2) is 42.8. The third kappa shape index (κ3) is 33.3. The normalized spacial score (nSPS) is 17.3. The van der Waals surface area contributed by atoms with Gasteiger partial charge in [-0.3, -0.25) is 9.69 Å². The molecule has 1 aliphatic rings. The van der Waals surface area contributed by atoms with Crippen molar-refractivity contribution in [1.29, 1.82) is 0 Å². The number of esters is 3. The largest absolute Gasteiger partial charge is 0.462 e. The monoisotopic (exact) mass is 900 g/mol. The van der Waals surface area contributed by atoms with Crippen molar-refractivity contribution in [2.24, 2.45) is 0 Å². The van der Waals surface area contributed by atoms with Crippen molar-refractivity contribution in [3.63, 3.8) is 0 Å². The van der Waals surface area contributed by atoms with Crippen molar-refractivity contribution in [3.05, 3.63) is 0 Å². The molecule has 372 valence electrons. The second-order valence-corrected chi connectivity index (χ2v) is 18.0. The Kier molecular flexibility index (Phi) is 40.2. The number of ether oxygens (including phenoxy) is 8. The molecule has 1 aliphatic heterocycles. The number of unbranched alkanes of at least 4 members (excludes halogenated alkanes) is 24. The molecule has 63 heavy (non-hydrogen) atoms. The Morgan fingerprint density at radius 1 is 0.508 bits per heavy atom. The molecule has 0 aromatic rings. The van der Waals surface area contributed by atoms with Crippen LogP contribution in [0.25, 0.3) is 0 Å². The van der Waals surface area contributed by atoms with Gasteiger partial charge in [-0.25, -0.2) is 9.59 Å². The summed E-state index contributed by atoms with van der Waals surface area (Å²) in [6.45, 7) is 10.7. The first-order chi connectivity index (χ1) is 30.8. The van der Waals surface area contributed by atoms with Gasteiger partial charge in [-0.05, 0) is 39.8 Å². The van der Waals surface area contributed by atoms with Crippen LogP contribution in [-0.2, 0) is 52.3 Å². The molecule has 0 aromatic heterocycles. The molecule has 12 nitrogen and oxygen atoms in total. The number of rotatable bonds is 46. The lowest BCUT2D eigenvalue weighted by atomic mass is 10.1. The Labute approximate surface area is 385 Å². The third-order valence-corrected chi connectivity index (χ3v) is 11.6. The molecule has 0 spiro atoms. The van der Waals surface area contributed by atoms with E-state index in [9.17, 15) is 14.4 Å². The second-order valence-electron chi connectivity index (χ2n) is 18.0. The number of carbonyl (C=O) groups is 3. The van der Waals surface area contributed by atoms with Crippen molar-refractivity contribution in [1.82, 2.24) is 4.90 Å². The highest BCUT2D eigenvalue weighted by Crippen LogP contribution is 2.24. The Balaban J connectivity index is 3.05. The van der Waals surface area contributed by atoms with Gasteiger partial charge in [0.2, 0.25) is 0 Å². The number of hydrogen-bond donors (Lipinski definition) is 0. The minimum atomic E-state index is -1.04. The molecular formula is C51H97NO11. The van der Waals surface area contributed by atoms with E-state index in [0.29, 0.717) is 26.4 Å². The molecule has 0 bridgehead atoms. The Hall–Kier alpha value is -1.83. The summed E-state index contributed by atoms with van der Waals surface area (Å²) >= 11 is 0. The lowest BCUT2D eigenvalue weighted by molar-refractivity contribution is -0.184. The number of likely N-dealkylation sites (N-methyl/N-ethyl adjacent to an activating group) is 1. The highest BCUT2D eigenvalue weighted by Gasteiger charge is 2.45. The van der Waals surface area contributed by atoms with Gasteiger partial charge in [0.1, 0.15) is 12.7 Å². The summed E-state index contributed by atoms with van der Waals surface area (Å²) in [5, 5.41) is 0. The van der Waals surface area contributed by atoms with Crippen molar-refractivity contribution in [2.75, 3.05) is 73.5 Å². The van der Waals surface area contributed by atoms with Gasteiger partial charge in [0.25, 0.3) is 0 Å². The molecule has 0 aromatic carbocycles. The molecule has 0 radical (unpaired) electrons. The quantitative estimate of drug-likeness (QED) is 0.0328. The molecular weight excluding hydrogens is 803 g/mol. The van der Waals surface area contributed by atoms with Gasteiger partial charge in [0.15, 0.2) is 24.4 Å². The fraction of sp³-hybridized carbons (Fsp3) is 0.941. The van der Waals surface area contributed by atoms with Crippen LogP contribution in [0.15, 0.2) is 0 Å². The number of hydrogen-bond acceptors (Lipinski definition) is 12. The Morgan fingerprint density at radius 2 is 0.873 bits per heavy atom. The minimum Gasteiger partial charge on any atom is -0.462 e. The summed E-state index contributed by atoms with van der Waals surface area (Å²) in [4.78, 5) is 42.2. The molecule has 12 heteroatoms. The Morgan fingerprint density at radius 3 is 1.27 bits per heavy atom. The lowest BCUT2D eigenvalue weighted by Gasteiger charge is -2.27. The molecule has 0 saturated carbocycles. The summed E-state index contributed by atoms with van der Waals surface area (Å²) < 4.78 is 48.1. The highest BCUT2D eigenvalue weighted by molar-refractivity contribution is 5.76. The van der Waals surface area contributed by atoms with Crippen LogP contribution in [0.2, 0.25) is 0 Å². The van der Waals surface area contributed by atoms with Crippen molar-refractivity contribution < 1.29 is 52.3 Å². The van der Waals surface area contributed by atoms with E-state index in [2.05, 4.69) is 27.7 Å². The minimum absolute atomic E-state index is 0.0404. The first-order valence-corrected chi connectivity index (χ1v) is 26.0. The Bertz CT molecular complexity index is 1060. The maximum Gasteiger partial charge on any atom is 0.338 e. The average molecular weight is 900 g/mol. The summed E-state index contributed by atoms with van der Waals surface area (Å²) in [6, 6.07) is 0. The zero-order chi connectivity index (χ0) is 46.0. The van der Waals surface area contributed by atoms with Crippen molar-refractivity contribution >= 4 is 17.9 Å². The summed E-state index contributed by atoms with van der Waals surface area (Å²) in [5.74, 6) is -1.66. The van der Waals surface area contributed by atoms with E-state index in [0.717, 1.165) is 64.2 Å². The van der Waals surface area contributed by atoms with Gasteiger partial charge < -0.3 is 37.9 Å². The smallest absolute Gasteiger partial charge is 0.338 e. The maximum absolute atomic E-state index is 14.0. The van der Waals surface area contributed by atoms with Gasteiger partial charge in [0, 0.05) is 26.4 Å². The van der Waals surface area contributed by atoms with Crippen LogP contribution in [0.4, 0.5) is 0 Å². The van der Waals surface area contributed by atoms with Gasteiger partial charge in [-0.15, -0.1) is 0 Å². The van der Waals surface area contributed by atoms with Gasteiger partial charge in [-0.2, -0.15) is 0 Å². The molecule has 0 amide bonds. The van der Waals surface area contributed by atoms with E-state index in [1.54, 1.807) is 19.0 Å². The number of nitrogens with zero attached hydrogens (tertiary/aromatic N) is 1. The third-order valence-electron chi connectivity index (χ3n) is 11.6. The predicted octanol–water partition coefficient (Wildman–Crippen LogP) is 11.1. The molecule has 5 atom stereocenters. The molecule has 0 N–H and O–H groups in total. The topological polar surface area (TPSA) is 128 Å². The van der Waals surface area contributed by atoms with Crippen LogP contribution < -0.4 is 0 Å². The molecule has 1 heterocycles. The van der Waals surface area contributed by atoms with Crippen LogP contribution in [0.1, 0.15) is 207 Å². The predicted molar refractivity (Wildman–Crippen MR) is 252 cm³/mol. The van der Waals surface area contributed by atoms with Gasteiger partial charge >= 0.3 is 17.9 Å². The van der Waals surface area contributed by atoms with E-state index in [1.807, 2.05) is 0 Å². The van der Waals surface area contributed by atoms with E-state index in [1.165, 1.54) is 116 Å². The van der Waals surface area contributed by atoms with Crippen LogP contribution in [-0.4, -0.2) is 127 Å². The van der Waals surface area contributed by atoms with E-state index in [4.69, 9.17) is 37.9 Å². The molecule has 0 aliphatic carbocycles. The van der Waals surface area contributed by atoms with E-state index in [-0.39, 0.29) is 33.0 Å². The SMILES string of the molecule is CCCCCCCCCOCC(OCCCCCCCCC)C(=O)O[C@@H]1[C@@H](OC(=O)C(COCCCCCCCCC)OCCCCCCCCC)CO[C@@H]1COC(=O)CN(C)C. The summed E-state index contributed by atoms with van der Waals surface area (Å²) in [5.41, 5.74) is 0. The van der Waals surface area contributed by atoms with E-state index >= 15 is 0 Å². The fourth-order valence-corrected chi connectivity index (χ4v) is 7.60. The van der Waals surface area contributed by atoms with E-state index < -0.39 is 48.4 Å². The molecule has 2 unspecified atom stereocenters. The summed E-state index contributed by atoms with van der Waals surface area (Å²) in [6.07, 6.45) is 27.3. The zero-order valence-electron chi connectivity index (χ0n) is 41.5. The standard InChI is InChI=1S/C51H97NO11/c1-7-11-15-19-23-27-31-35-56-40-46(58-37-33-29-25-21-17-13-9-3)50(54)62-45-43-60-44(42-61-48(53)39-52(5)6)49(45)63-51(55)47(59-38-34-30-26-22-18-14-10-4)41-57-36-32-28-24-20-16-12-8-2/h44-47,49H,7-43H2,1-6H3/t44-,45+,46?,47?,49+/m1/s1. The highest BCUT2D eigenvalue weighted by atomic mass is 16.7. The molecule has 1 saturated heterocycles. The fourth-order valence-electron chi connectivity index (χ4n) is 7.60. The first-order valence-electron chi connectivity index (χ1n) is 26.0. The van der Waals surface area contributed by atoms with Crippen molar-refractivity contribution in [3.8, 4) is 0 Å². The molecule has 1 rings (SSSR count).